The zero-order valence-electron chi connectivity index (χ0n) is 14.9. The molecule has 2 amide bonds. The van der Waals surface area contributed by atoms with E-state index in [4.69, 9.17) is 4.74 Å². The number of halogens is 1. The molecule has 0 fully saturated rings. The minimum Gasteiger partial charge on any atom is -0.444 e. The van der Waals surface area contributed by atoms with Crippen LogP contribution in [0.1, 0.15) is 32.8 Å². The molecule has 0 spiro atoms. The molecule has 0 heterocycles. The number of carbonyl (C=O) groups is 2. The average molecular weight is 339 g/mol. The Hall–Kier alpha value is -2.31. The summed E-state index contributed by atoms with van der Waals surface area (Å²) in [6.07, 6.45) is -0.436. The van der Waals surface area contributed by atoms with Gasteiger partial charge in [0.05, 0.1) is 5.69 Å². The molecule has 134 valence electrons. The second kappa shape index (κ2) is 8.52. The van der Waals surface area contributed by atoms with Crippen LogP contribution in [0.25, 0.3) is 0 Å². The molecule has 0 radical (unpaired) electrons. The van der Waals surface area contributed by atoms with Crippen molar-refractivity contribution in [3.63, 3.8) is 0 Å². The second-order valence-corrected chi connectivity index (χ2v) is 6.64. The van der Waals surface area contributed by atoms with Gasteiger partial charge in [-0.2, -0.15) is 0 Å². The van der Waals surface area contributed by atoms with E-state index in [1.165, 1.54) is 6.07 Å². The Labute approximate surface area is 142 Å². The van der Waals surface area contributed by atoms with Crippen LogP contribution in [0.5, 0.6) is 0 Å². The Morgan fingerprint density at radius 3 is 2.42 bits per heavy atom. The Kier molecular flexibility index (Phi) is 7.00. The number of ether oxygens (including phenoxy) is 1. The summed E-state index contributed by atoms with van der Waals surface area (Å²) in [5.41, 5.74) is 0.591. The van der Waals surface area contributed by atoms with Crippen LogP contribution in [0.2, 0.25) is 0 Å². The van der Waals surface area contributed by atoms with Crippen molar-refractivity contribution >= 4 is 17.7 Å². The first-order valence-corrected chi connectivity index (χ1v) is 7.78. The van der Waals surface area contributed by atoms with Gasteiger partial charge in [-0.15, -0.1) is 0 Å². The molecular formula is C17H26FN3O3. The van der Waals surface area contributed by atoms with E-state index < -0.39 is 11.7 Å². The van der Waals surface area contributed by atoms with E-state index in [0.717, 1.165) is 0 Å². The molecule has 0 aromatic heterocycles. The molecule has 0 aliphatic carbocycles. The number of benzene rings is 1. The van der Waals surface area contributed by atoms with Crippen LogP contribution in [0.3, 0.4) is 0 Å². The minimum absolute atomic E-state index is 0.123. The van der Waals surface area contributed by atoms with E-state index in [-0.39, 0.29) is 31.2 Å². The predicted molar refractivity (Wildman–Crippen MR) is 91.4 cm³/mol. The van der Waals surface area contributed by atoms with E-state index in [2.05, 4.69) is 10.6 Å². The lowest BCUT2D eigenvalue weighted by atomic mass is 10.2. The molecule has 1 rings (SSSR count). The molecule has 0 saturated carbocycles. The van der Waals surface area contributed by atoms with E-state index in [9.17, 15) is 14.0 Å². The quantitative estimate of drug-likeness (QED) is 0.835. The molecule has 1 aromatic carbocycles. The monoisotopic (exact) mass is 339 g/mol. The normalized spacial score (nSPS) is 10.9. The van der Waals surface area contributed by atoms with Crippen LogP contribution in [-0.2, 0) is 16.1 Å². The number of carbonyl (C=O) groups excluding carboxylic acids is 2. The van der Waals surface area contributed by atoms with Gasteiger partial charge in [0.1, 0.15) is 11.4 Å². The highest BCUT2D eigenvalue weighted by molar-refractivity contribution is 5.77. The number of hydrogen-bond donors (Lipinski definition) is 2. The molecule has 1 aromatic rings. The van der Waals surface area contributed by atoms with Crippen molar-refractivity contribution in [2.75, 3.05) is 25.5 Å². The van der Waals surface area contributed by atoms with Crippen molar-refractivity contribution in [2.45, 2.75) is 39.3 Å². The molecule has 0 bridgehead atoms. The molecule has 0 unspecified atom stereocenters. The molecule has 0 saturated heterocycles. The fraction of sp³-hybridized carbons (Fsp3) is 0.529. The second-order valence-electron chi connectivity index (χ2n) is 6.64. The maximum Gasteiger partial charge on any atom is 0.407 e. The number of rotatable bonds is 6. The number of hydrogen-bond acceptors (Lipinski definition) is 4. The van der Waals surface area contributed by atoms with Crippen molar-refractivity contribution in [1.82, 2.24) is 10.6 Å². The third kappa shape index (κ3) is 7.30. The van der Waals surface area contributed by atoms with Crippen molar-refractivity contribution in [2.24, 2.45) is 0 Å². The third-order valence-corrected chi connectivity index (χ3v) is 3.00. The van der Waals surface area contributed by atoms with Gasteiger partial charge in [0.2, 0.25) is 5.91 Å². The molecular weight excluding hydrogens is 313 g/mol. The summed E-state index contributed by atoms with van der Waals surface area (Å²) in [6, 6.07) is 4.83. The van der Waals surface area contributed by atoms with Crippen LogP contribution in [-0.4, -0.2) is 38.2 Å². The van der Waals surface area contributed by atoms with Gasteiger partial charge < -0.3 is 20.3 Å². The number of amides is 2. The number of alkyl carbamates (subject to hydrolysis) is 1. The summed E-state index contributed by atoms with van der Waals surface area (Å²) in [5.74, 6) is -0.568. The van der Waals surface area contributed by atoms with Gasteiger partial charge in [0, 0.05) is 33.6 Å². The average Bonchev–Trinajstić information content (AvgIpc) is 2.42. The number of anilines is 1. The summed E-state index contributed by atoms with van der Waals surface area (Å²) in [7, 11) is 3.52. The van der Waals surface area contributed by atoms with E-state index in [1.807, 2.05) is 0 Å². The summed E-state index contributed by atoms with van der Waals surface area (Å²) >= 11 is 0. The lowest BCUT2D eigenvalue weighted by Gasteiger charge is -2.19. The van der Waals surface area contributed by atoms with Gasteiger partial charge in [-0.05, 0) is 38.5 Å². The predicted octanol–water partition coefficient (Wildman–Crippen LogP) is 2.42. The zero-order chi connectivity index (χ0) is 18.3. The Morgan fingerprint density at radius 2 is 1.88 bits per heavy atom. The van der Waals surface area contributed by atoms with Gasteiger partial charge in [-0.25, -0.2) is 9.18 Å². The van der Waals surface area contributed by atoms with Gasteiger partial charge in [-0.3, -0.25) is 4.79 Å². The van der Waals surface area contributed by atoms with Crippen LogP contribution < -0.4 is 15.5 Å². The molecule has 2 N–H and O–H groups in total. The fourth-order valence-electron chi connectivity index (χ4n) is 1.90. The maximum absolute atomic E-state index is 13.8. The summed E-state index contributed by atoms with van der Waals surface area (Å²) < 4.78 is 18.9. The molecule has 0 aliphatic heterocycles. The summed E-state index contributed by atoms with van der Waals surface area (Å²) in [6.45, 7) is 5.70. The van der Waals surface area contributed by atoms with Crippen molar-refractivity contribution in [3.05, 3.63) is 29.6 Å². The lowest BCUT2D eigenvalue weighted by molar-refractivity contribution is -0.121. The fourth-order valence-corrected chi connectivity index (χ4v) is 1.90. The first-order chi connectivity index (χ1) is 11.1. The van der Waals surface area contributed by atoms with Crippen molar-refractivity contribution < 1.29 is 18.7 Å². The molecule has 0 atom stereocenters. The van der Waals surface area contributed by atoms with E-state index in [1.54, 1.807) is 51.9 Å². The lowest BCUT2D eigenvalue weighted by Crippen LogP contribution is -2.35. The van der Waals surface area contributed by atoms with E-state index in [0.29, 0.717) is 11.3 Å². The highest BCUT2D eigenvalue weighted by Gasteiger charge is 2.15. The maximum atomic E-state index is 13.8. The SMILES string of the molecule is CN(C)c1ccc(CNC(=O)CCNC(=O)OC(C)(C)C)cc1F. The Morgan fingerprint density at radius 1 is 1.21 bits per heavy atom. The van der Waals surface area contributed by atoms with Crippen LogP contribution in [0.15, 0.2) is 18.2 Å². The summed E-state index contributed by atoms with van der Waals surface area (Å²) in [4.78, 5) is 24.9. The Bertz CT molecular complexity index is 583. The third-order valence-electron chi connectivity index (χ3n) is 3.00. The van der Waals surface area contributed by atoms with Gasteiger partial charge in [-0.1, -0.05) is 6.07 Å². The number of nitrogens with zero attached hydrogens (tertiary/aromatic N) is 1. The first-order valence-electron chi connectivity index (χ1n) is 7.78. The molecule has 6 nitrogen and oxygen atoms in total. The molecule has 7 heteroatoms. The van der Waals surface area contributed by atoms with Crippen LogP contribution >= 0.6 is 0 Å². The van der Waals surface area contributed by atoms with Crippen LogP contribution in [0, 0.1) is 5.82 Å². The first kappa shape index (κ1) is 19.7. The number of nitrogens with one attached hydrogen (secondary N) is 2. The largest absolute Gasteiger partial charge is 0.444 e. The highest BCUT2D eigenvalue weighted by atomic mass is 19.1. The van der Waals surface area contributed by atoms with Gasteiger partial charge in [0.15, 0.2) is 0 Å². The topological polar surface area (TPSA) is 70.7 Å². The van der Waals surface area contributed by atoms with Gasteiger partial charge >= 0.3 is 6.09 Å². The summed E-state index contributed by atoms with van der Waals surface area (Å²) in [5, 5.41) is 5.20. The molecule has 24 heavy (non-hydrogen) atoms. The van der Waals surface area contributed by atoms with Crippen molar-refractivity contribution in [3.8, 4) is 0 Å². The Balaban J connectivity index is 2.34. The van der Waals surface area contributed by atoms with Gasteiger partial charge in [0.25, 0.3) is 0 Å². The van der Waals surface area contributed by atoms with E-state index >= 15 is 0 Å². The highest BCUT2D eigenvalue weighted by Crippen LogP contribution is 2.18. The smallest absolute Gasteiger partial charge is 0.407 e. The molecule has 0 aliphatic rings. The standard InChI is InChI=1S/C17H26FN3O3/c1-17(2,3)24-16(23)19-9-8-15(22)20-11-12-6-7-14(21(4)5)13(18)10-12/h6-7,10H,8-9,11H2,1-5H3,(H,19,23)(H,20,22). The van der Waals surface area contributed by atoms with Crippen LogP contribution in [0.4, 0.5) is 14.9 Å². The minimum atomic E-state index is -0.574. The zero-order valence-corrected chi connectivity index (χ0v) is 14.9. The van der Waals surface area contributed by atoms with Crippen molar-refractivity contribution in [1.29, 1.82) is 0 Å².